The van der Waals surface area contributed by atoms with Crippen LogP contribution in [0.2, 0.25) is 5.02 Å². The van der Waals surface area contributed by atoms with E-state index >= 15 is 0 Å². The van der Waals surface area contributed by atoms with Gasteiger partial charge in [-0.2, -0.15) is 0 Å². The van der Waals surface area contributed by atoms with E-state index in [0.29, 0.717) is 23.9 Å². The maximum Gasteiger partial charge on any atom is 0.167 e. The summed E-state index contributed by atoms with van der Waals surface area (Å²) in [5.41, 5.74) is 0. The van der Waals surface area contributed by atoms with Gasteiger partial charge in [-0.15, -0.1) is 6.58 Å². The Bertz CT molecular complexity index is 328. The third-order valence-electron chi connectivity index (χ3n) is 1.82. The summed E-state index contributed by atoms with van der Waals surface area (Å²) in [7, 11) is 0. The van der Waals surface area contributed by atoms with Gasteiger partial charge in [-0.25, -0.2) is 9.37 Å². The van der Waals surface area contributed by atoms with Crippen LogP contribution in [0.5, 0.6) is 0 Å². The van der Waals surface area contributed by atoms with Crippen LogP contribution in [0.15, 0.2) is 24.9 Å². The van der Waals surface area contributed by atoms with Crippen molar-refractivity contribution < 1.29 is 4.39 Å². The number of likely N-dealkylation sites (N-methyl/N-ethyl adjacent to an activating group) is 1. The molecule has 0 unspecified atom stereocenters. The molecule has 0 fully saturated rings. The number of aromatic nitrogens is 1. The molecule has 0 saturated heterocycles. The van der Waals surface area contributed by atoms with Crippen LogP contribution in [0.25, 0.3) is 0 Å². The monoisotopic (exact) mass is 214 g/mol. The van der Waals surface area contributed by atoms with Gasteiger partial charge in [0.25, 0.3) is 0 Å². The fraction of sp³-hybridized carbons (Fsp3) is 0.300. The Balaban J connectivity index is 2.97. The van der Waals surface area contributed by atoms with Crippen molar-refractivity contribution in [3.63, 3.8) is 0 Å². The molecule has 0 amide bonds. The average molecular weight is 215 g/mol. The van der Waals surface area contributed by atoms with Gasteiger partial charge in [-0.05, 0) is 13.0 Å². The van der Waals surface area contributed by atoms with E-state index in [4.69, 9.17) is 11.6 Å². The molecular weight excluding hydrogens is 203 g/mol. The van der Waals surface area contributed by atoms with Crippen molar-refractivity contribution in [1.29, 1.82) is 0 Å². The van der Waals surface area contributed by atoms with Gasteiger partial charge in [0.15, 0.2) is 11.6 Å². The second-order valence-corrected chi connectivity index (χ2v) is 3.22. The van der Waals surface area contributed by atoms with E-state index in [0.717, 1.165) is 0 Å². The highest BCUT2D eigenvalue weighted by Gasteiger charge is 2.10. The smallest absolute Gasteiger partial charge is 0.167 e. The van der Waals surface area contributed by atoms with E-state index in [-0.39, 0.29) is 0 Å². The third-order valence-corrected chi connectivity index (χ3v) is 2.03. The van der Waals surface area contributed by atoms with E-state index in [1.165, 1.54) is 12.3 Å². The first-order valence-electron chi connectivity index (χ1n) is 4.36. The first kappa shape index (κ1) is 11.0. The lowest BCUT2D eigenvalue weighted by Gasteiger charge is -2.20. The molecule has 0 N–H and O–H groups in total. The molecule has 0 aromatic carbocycles. The number of rotatable bonds is 4. The minimum absolute atomic E-state index is 0.306. The molecule has 0 saturated carbocycles. The molecule has 1 aromatic heterocycles. The highest BCUT2D eigenvalue weighted by atomic mass is 35.5. The lowest BCUT2D eigenvalue weighted by molar-refractivity contribution is 0.614. The molecular formula is C10H12ClFN2. The Kier molecular flexibility index (Phi) is 3.89. The molecule has 14 heavy (non-hydrogen) atoms. The van der Waals surface area contributed by atoms with Gasteiger partial charge in [0.2, 0.25) is 0 Å². The van der Waals surface area contributed by atoms with E-state index in [2.05, 4.69) is 11.6 Å². The van der Waals surface area contributed by atoms with Crippen molar-refractivity contribution >= 4 is 17.4 Å². The van der Waals surface area contributed by atoms with Gasteiger partial charge in [0, 0.05) is 19.3 Å². The molecule has 0 aliphatic heterocycles. The molecule has 4 heteroatoms. The van der Waals surface area contributed by atoms with Crippen LogP contribution in [0.3, 0.4) is 0 Å². The highest BCUT2D eigenvalue weighted by Crippen LogP contribution is 2.19. The number of anilines is 1. The van der Waals surface area contributed by atoms with Crippen LogP contribution < -0.4 is 4.90 Å². The Hall–Kier alpha value is -1.09. The second-order valence-electron chi connectivity index (χ2n) is 2.79. The van der Waals surface area contributed by atoms with E-state index in [9.17, 15) is 4.39 Å². The molecule has 1 aromatic rings. The van der Waals surface area contributed by atoms with Gasteiger partial charge in [-0.1, -0.05) is 17.7 Å². The summed E-state index contributed by atoms with van der Waals surface area (Å²) in [5, 5.41) is 0.306. The number of hydrogen-bond donors (Lipinski definition) is 0. The quantitative estimate of drug-likeness (QED) is 0.717. The average Bonchev–Trinajstić information content (AvgIpc) is 2.15. The van der Waals surface area contributed by atoms with Gasteiger partial charge < -0.3 is 4.90 Å². The summed E-state index contributed by atoms with van der Waals surface area (Å²) in [6.07, 6.45) is 3.14. The predicted octanol–water partition coefficient (Wildman–Crippen LogP) is 2.89. The molecule has 1 rings (SSSR count). The van der Waals surface area contributed by atoms with Crippen LogP contribution >= 0.6 is 11.6 Å². The van der Waals surface area contributed by atoms with Crippen molar-refractivity contribution in [3.05, 3.63) is 35.8 Å². The molecule has 0 spiro atoms. The van der Waals surface area contributed by atoms with Crippen molar-refractivity contribution in [1.82, 2.24) is 4.98 Å². The molecule has 0 aliphatic carbocycles. The van der Waals surface area contributed by atoms with Gasteiger partial charge in [0.1, 0.15) is 0 Å². The maximum atomic E-state index is 13.4. The SMILES string of the molecule is C=CCN(CC)c1ncc(Cl)cc1F. The summed E-state index contributed by atoms with van der Waals surface area (Å²) in [6, 6.07) is 1.26. The number of halogens is 2. The van der Waals surface area contributed by atoms with E-state index in [1.54, 1.807) is 11.0 Å². The normalized spacial score (nSPS) is 9.93. The summed E-state index contributed by atoms with van der Waals surface area (Å²) >= 11 is 5.60. The van der Waals surface area contributed by atoms with Crippen molar-refractivity contribution in [2.45, 2.75) is 6.92 Å². The third kappa shape index (κ3) is 2.45. The Labute approximate surface area is 88.0 Å². The zero-order valence-corrected chi connectivity index (χ0v) is 8.76. The summed E-state index contributed by atoms with van der Waals surface area (Å²) in [4.78, 5) is 5.72. The van der Waals surface area contributed by atoms with E-state index in [1.807, 2.05) is 6.92 Å². The lowest BCUT2D eigenvalue weighted by atomic mass is 10.4. The standard InChI is InChI=1S/C10H12ClFN2/c1-3-5-14(4-2)10-9(12)6-8(11)7-13-10/h3,6-7H,1,4-5H2,2H3. The van der Waals surface area contributed by atoms with Crippen molar-refractivity contribution in [3.8, 4) is 0 Å². The molecule has 0 aliphatic rings. The number of hydrogen-bond acceptors (Lipinski definition) is 2. The zero-order chi connectivity index (χ0) is 10.6. The zero-order valence-electron chi connectivity index (χ0n) is 8.00. The van der Waals surface area contributed by atoms with Crippen LogP contribution in [-0.4, -0.2) is 18.1 Å². The summed E-state index contributed by atoms with van der Waals surface area (Å²) < 4.78 is 13.4. The Morgan fingerprint density at radius 3 is 2.93 bits per heavy atom. The minimum Gasteiger partial charge on any atom is -0.351 e. The largest absolute Gasteiger partial charge is 0.351 e. The molecule has 76 valence electrons. The molecule has 0 atom stereocenters. The molecule has 1 heterocycles. The first-order valence-corrected chi connectivity index (χ1v) is 4.73. The fourth-order valence-electron chi connectivity index (χ4n) is 1.16. The van der Waals surface area contributed by atoms with Crippen molar-refractivity contribution in [2.24, 2.45) is 0 Å². The van der Waals surface area contributed by atoms with Gasteiger partial charge >= 0.3 is 0 Å². The second kappa shape index (κ2) is 4.96. The number of nitrogens with zero attached hydrogens (tertiary/aromatic N) is 2. The number of pyridine rings is 1. The van der Waals surface area contributed by atoms with Gasteiger partial charge in [0.05, 0.1) is 5.02 Å². The van der Waals surface area contributed by atoms with Crippen LogP contribution in [0.4, 0.5) is 10.2 Å². The van der Waals surface area contributed by atoms with Crippen LogP contribution in [-0.2, 0) is 0 Å². The summed E-state index contributed by atoms with van der Waals surface area (Å²) in [6.45, 7) is 6.78. The minimum atomic E-state index is -0.402. The molecule has 0 bridgehead atoms. The first-order chi connectivity index (χ1) is 6.69. The molecule has 0 radical (unpaired) electrons. The fourth-order valence-corrected chi connectivity index (χ4v) is 1.31. The van der Waals surface area contributed by atoms with Gasteiger partial charge in [-0.3, -0.25) is 0 Å². The van der Waals surface area contributed by atoms with Crippen LogP contribution in [0, 0.1) is 5.82 Å². The summed E-state index contributed by atoms with van der Waals surface area (Å²) in [5.74, 6) is -0.0852. The van der Waals surface area contributed by atoms with E-state index < -0.39 is 5.82 Å². The molecule has 2 nitrogen and oxygen atoms in total. The Morgan fingerprint density at radius 2 is 2.43 bits per heavy atom. The highest BCUT2D eigenvalue weighted by molar-refractivity contribution is 6.30. The Morgan fingerprint density at radius 1 is 1.71 bits per heavy atom. The lowest BCUT2D eigenvalue weighted by Crippen LogP contribution is -2.24. The van der Waals surface area contributed by atoms with Crippen molar-refractivity contribution in [2.75, 3.05) is 18.0 Å². The predicted molar refractivity (Wildman–Crippen MR) is 57.3 cm³/mol. The maximum absolute atomic E-state index is 13.4. The topological polar surface area (TPSA) is 16.1 Å². The van der Waals surface area contributed by atoms with Crippen LogP contribution in [0.1, 0.15) is 6.92 Å².